The van der Waals surface area contributed by atoms with E-state index in [1.807, 2.05) is 0 Å². The van der Waals surface area contributed by atoms with E-state index in [9.17, 15) is 14.7 Å². The molecule has 0 aromatic heterocycles. The lowest BCUT2D eigenvalue weighted by Gasteiger charge is -2.46. The van der Waals surface area contributed by atoms with E-state index in [4.69, 9.17) is 10.5 Å². The van der Waals surface area contributed by atoms with Crippen molar-refractivity contribution < 1.29 is 19.4 Å². The summed E-state index contributed by atoms with van der Waals surface area (Å²) in [4.78, 5) is 22.2. The molecule has 0 spiro atoms. The largest absolute Gasteiger partial charge is 0.480 e. The lowest BCUT2D eigenvalue weighted by atomic mass is 9.64. The standard InChI is InChI=1S/C14H25NO4/c1-13(2,19-9-16)11(14(3,15)12(17)18)10-7-5-4-6-8-10/h9-11H,4-8,15H2,1-3H3,(H,17,18)/t11?,14-/m0/s1. The van der Waals surface area contributed by atoms with Crippen LogP contribution in [0.15, 0.2) is 0 Å². The van der Waals surface area contributed by atoms with E-state index in [2.05, 4.69) is 0 Å². The number of carboxylic acid groups (broad SMARTS) is 1. The molecule has 110 valence electrons. The quantitative estimate of drug-likeness (QED) is 0.720. The average Bonchev–Trinajstić information content (AvgIpc) is 2.29. The Labute approximate surface area is 114 Å². The Morgan fingerprint density at radius 2 is 1.84 bits per heavy atom. The monoisotopic (exact) mass is 271 g/mol. The van der Waals surface area contributed by atoms with E-state index in [0.29, 0.717) is 6.47 Å². The Balaban J connectivity index is 3.09. The first-order valence-electron chi connectivity index (χ1n) is 6.87. The molecule has 1 saturated carbocycles. The van der Waals surface area contributed by atoms with Gasteiger partial charge < -0.3 is 15.6 Å². The van der Waals surface area contributed by atoms with Gasteiger partial charge in [-0.3, -0.25) is 9.59 Å². The SMILES string of the molecule is CC(C)(OC=O)C(C1CCCCC1)[C@](C)(N)C(=O)O. The predicted molar refractivity (Wildman–Crippen MR) is 71.5 cm³/mol. The average molecular weight is 271 g/mol. The minimum atomic E-state index is -1.41. The van der Waals surface area contributed by atoms with Crippen LogP contribution in [0.1, 0.15) is 52.9 Å². The third-order valence-electron chi connectivity index (χ3n) is 4.33. The lowest BCUT2D eigenvalue weighted by Crippen LogP contribution is -2.61. The Bertz CT molecular complexity index is 332. The van der Waals surface area contributed by atoms with Crippen molar-refractivity contribution in [1.29, 1.82) is 0 Å². The molecule has 19 heavy (non-hydrogen) atoms. The van der Waals surface area contributed by atoms with Gasteiger partial charge in [-0.2, -0.15) is 0 Å². The van der Waals surface area contributed by atoms with Gasteiger partial charge in [-0.15, -0.1) is 0 Å². The van der Waals surface area contributed by atoms with Crippen LogP contribution in [0.4, 0.5) is 0 Å². The second-order valence-corrected chi connectivity index (χ2v) is 6.28. The molecular weight excluding hydrogens is 246 g/mol. The molecule has 0 radical (unpaired) electrons. The van der Waals surface area contributed by atoms with E-state index in [-0.39, 0.29) is 5.92 Å². The second-order valence-electron chi connectivity index (χ2n) is 6.28. The van der Waals surface area contributed by atoms with E-state index in [0.717, 1.165) is 25.7 Å². The zero-order valence-corrected chi connectivity index (χ0v) is 12.0. The molecule has 0 aromatic rings. The highest BCUT2D eigenvalue weighted by molar-refractivity contribution is 5.78. The summed E-state index contributed by atoms with van der Waals surface area (Å²) >= 11 is 0. The first kappa shape index (κ1) is 16.0. The van der Waals surface area contributed by atoms with Crippen LogP contribution < -0.4 is 5.73 Å². The number of carboxylic acids is 1. The van der Waals surface area contributed by atoms with Crippen LogP contribution in [0.5, 0.6) is 0 Å². The number of hydrogen-bond acceptors (Lipinski definition) is 4. The van der Waals surface area contributed by atoms with Gasteiger partial charge in [-0.05, 0) is 39.5 Å². The van der Waals surface area contributed by atoms with Crippen molar-refractivity contribution in [3.8, 4) is 0 Å². The highest BCUT2D eigenvalue weighted by Gasteiger charge is 2.51. The molecular formula is C14H25NO4. The van der Waals surface area contributed by atoms with Crippen molar-refractivity contribution in [2.75, 3.05) is 0 Å². The summed E-state index contributed by atoms with van der Waals surface area (Å²) in [6.07, 6.45) is 5.21. The highest BCUT2D eigenvalue weighted by atomic mass is 16.5. The predicted octanol–water partition coefficient (Wildman–Crippen LogP) is 1.94. The van der Waals surface area contributed by atoms with Crippen molar-refractivity contribution in [3.05, 3.63) is 0 Å². The van der Waals surface area contributed by atoms with Gasteiger partial charge in [0.05, 0.1) is 0 Å². The van der Waals surface area contributed by atoms with Gasteiger partial charge in [0.25, 0.3) is 6.47 Å². The molecule has 1 aliphatic rings. The number of carbonyl (C=O) groups excluding carboxylic acids is 1. The van der Waals surface area contributed by atoms with Crippen LogP contribution in [0.2, 0.25) is 0 Å². The molecule has 0 saturated heterocycles. The van der Waals surface area contributed by atoms with Crippen LogP contribution in [-0.2, 0) is 14.3 Å². The van der Waals surface area contributed by atoms with E-state index < -0.39 is 23.0 Å². The molecule has 2 atom stereocenters. The van der Waals surface area contributed by atoms with Crippen LogP contribution in [-0.4, -0.2) is 28.7 Å². The fraction of sp³-hybridized carbons (Fsp3) is 0.857. The summed E-state index contributed by atoms with van der Waals surface area (Å²) < 4.78 is 5.16. The van der Waals surface area contributed by atoms with E-state index in [1.165, 1.54) is 13.3 Å². The smallest absolute Gasteiger partial charge is 0.323 e. The summed E-state index contributed by atoms with van der Waals surface area (Å²) in [6, 6.07) is 0. The Hall–Kier alpha value is -1.10. The van der Waals surface area contributed by atoms with Crippen molar-refractivity contribution in [2.24, 2.45) is 17.6 Å². The van der Waals surface area contributed by atoms with Crippen molar-refractivity contribution >= 4 is 12.4 Å². The Kier molecular flexibility index (Phi) is 4.96. The molecule has 5 heteroatoms. The minimum absolute atomic E-state index is 0.176. The maximum atomic E-state index is 11.5. The number of aliphatic carboxylic acids is 1. The zero-order valence-electron chi connectivity index (χ0n) is 12.0. The molecule has 3 N–H and O–H groups in total. The van der Waals surface area contributed by atoms with Gasteiger partial charge in [0.1, 0.15) is 11.1 Å². The number of carbonyl (C=O) groups is 2. The highest BCUT2D eigenvalue weighted by Crippen LogP contribution is 2.42. The lowest BCUT2D eigenvalue weighted by molar-refractivity contribution is -0.164. The third-order valence-corrected chi connectivity index (χ3v) is 4.33. The summed E-state index contributed by atoms with van der Waals surface area (Å²) in [5, 5.41) is 9.40. The summed E-state index contributed by atoms with van der Waals surface area (Å²) in [5.74, 6) is -1.27. The maximum absolute atomic E-state index is 11.5. The molecule has 1 fully saturated rings. The number of ether oxygens (including phenoxy) is 1. The van der Waals surface area contributed by atoms with Crippen LogP contribution >= 0.6 is 0 Å². The molecule has 0 aliphatic heterocycles. The van der Waals surface area contributed by atoms with E-state index >= 15 is 0 Å². The summed E-state index contributed by atoms with van der Waals surface area (Å²) in [6.45, 7) is 5.39. The van der Waals surface area contributed by atoms with Gasteiger partial charge in [-0.25, -0.2) is 0 Å². The third kappa shape index (κ3) is 3.47. The maximum Gasteiger partial charge on any atom is 0.323 e. The van der Waals surface area contributed by atoms with Gasteiger partial charge in [0, 0.05) is 5.92 Å². The van der Waals surface area contributed by atoms with Crippen LogP contribution in [0.25, 0.3) is 0 Å². The van der Waals surface area contributed by atoms with Gasteiger partial charge in [-0.1, -0.05) is 19.3 Å². The molecule has 1 unspecified atom stereocenters. The van der Waals surface area contributed by atoms with Gasteiger partial charge in [0.2, 0.25) is 0 Å². The van der Waals surface area contributed by atoms with Crippen molar-refractivity contribution in [2.45, 2.75) is 64.0 Å². The molecule has 1 rings (SSSR count). The Morgan fingerprint density at radius 1 is 1.32 bits per heavy atom. The molecule has 0 heterocycles. The van der Waals surface area contributed by atoms with Gasteiger partial charge >= 0.3 is 5.97 Å². The van der Waals surface area contributed by atoms with Crippen molar-refractivity contribution in [1.82, 2.24) is 0 Å². The summed E-state index contributed by atoms with van der Waals surface area (Å²) in [5.41, 5.74) is 3.76. The topological polar surface area (TPSA) is 89.6 Å². The molecule has 1 aliphatic carbocycles. The van der Waals surface area contributed by atoms with Crippen LogP contribution in [0, 0.1) is 11.8 Å². The zero-order chi connectivity index (χ0) is 14.7. The van der Waals surface area contributed by atoms with Crippen molar-refractivity contribution in [3.63, 3.8) is 0 Å². The normalized spacial score (nSPS) is 22.3. The Morgan fingerprint density at radius 3 is 2.26 bits per heavy atom. The fourth-order valence-corrected chi connectivity index (χ4v) is 3.58. The molecule has 0 amide bonds. The molecule has 0 bridgehead atoms. The number of nitrogens with two attached hydrogens (primary N) is 1. The first-order chi connectivity index (χ1) is 8.73. The number of rotatable bonds is 6. The minimum Gasteiger partial charge on any atom is -0.480 e. The van der Waals surface area contributed by atoms with Crippen LogP contribution in [0.3, 0.4) is 0 Å². The van der Waals surface area contributed by atoms with E-state index in [1.54, 1.807) is 13.8 Å². The first-order valence-corrected chi connectivity index (χ1v) is 6.87. The molecule has 5 nitrogen and oxygen atoms in total. The number of hydrogen-bond donors (Lipinski definition) is 2. The fourth-order valence-electron chi connectivity index (χ4n) is 3.58. The summed E-state index contributed by atoms with van der Waals surface area (Å²) in [7, 11) is 0. The van der Waals surface area contributed by atoms with Gasteiger partial charge in [0.15, 0.2) is 0 Å². The molecule has 0 aromatic carbocycles. The second kappa shape index (κ2) is 5.90.